The van der Waals surface area contributed by atoms with Crippen LogP contribution >= 0.6 is 11.6 Å². The van der Waals surface area contributed by atoms with Crippen LogP contribution in [-0.4, -0.2) is 15.9 Å². The van der Waals surface area contributed by atoms with Crippen LogP contribution < -0.4 is 5.32 Å². The number of alkyl halides is 1. The van der Waals surface area contributed by atoms with E-state index in [0.717, 1.165) is 11.3 Å². The molecule has 1 amide bonds. The fraction of sp³-hybridized carbons (Fsp3) is 0.154. The van der Waals surface area contributed by atoms with Gasteiger partial charge in [-0.1, -0.05) is 12.1 Å². The van der Waals surface area contributed by atoms with E-state index >= 15 is 0 Å². The first-order valence-corrected chi connectivity index (χ1v) is 6.01. The number of hydrogen-bond acceptors (Lipinski definition) is 3. The van der Waals surface area contributed by atoms with Crippen molar-refractivity contribution in [2.45, 2.75) is 12.4 Å². The molecular formula is C13H12ClN3O. The smallest absolute Gasteiger partial charge is 0.251 e. The van der Waals surface area contributed by atoms with Gasteiger partial charge in [0.1, 0.15) is 6.33 Å². The number of rotatable bonds is 4. The van der Waals surface area contributed by atoms with Gasteiger partial charge < -0.3 is 5.32 Å². The highest BCUT2D eigenvalue weighted by atomic mass is 35.5. The second kappa shape index (κ2) is 6.12. The molecule has 0 unspecified atom stereocenters. The predicted molar refractivity (Wildman–Crippen MR) is 69.2 cm³/mol. The number of carbonyl (C=O) groups is 1. The van der Waals surface area contributed by atoms with E-state index in [-0.39, 0.29) is 5.91 Å². The van der Waals surface area contributed by atoms with E-state index in [0.29, 0.717) is 18.0 Å². The minimum Gasteiger partial charge on any atom is -0.346 e. The minimum atomic E-state index is -0.138. The summed E-state index contributed by atoms with van der Waals surface area (Å²) in [5, 5.41) is 2.79. The SMILES string of the molecule is O=C(NCc1ccncn1)c1cccc(CCl)c1. The van der Waals surface area contributed by atoms with Crippen LogP contribution in [0, 0.1) is 0 Å². The molecule has 1 N–H and O–H groups in total. The molecule has 0 radical (unpaired) electrons. The summed E-state index contributed by atoms with van der Waals surface area (Å²) in [5.74, 6) is 0.258. The molecule has 0 aliphatic carbocycles. The van der Waals surface area contributed by atoms with Crippen LogP contribution in [0.15, 0.2) is 42.9 Å². The number of nitrogens with one attached hydrogen (secondary N) is 1. The molecule has 92 valence electrons. The Morgan fingerprint density at radius 1 is 1.33 bits per heavy atom. The number of halogens is 1. The molecule has 0 aliphatic rings. The van der Waals surface area contributed by atoms with Crippen LogP contribution in [-0.2, 0) is 12.4 Å². The van der Waals surface area contributed by atoms with Gasteiger partial charge >= 0.3 is 0 Å². The fourth-order valence-electron chi connectivity index (χ4n) is 1.49. The highest BCUT2D eigenvalue weighted by molar-refractivity contribution is 6.17. The molecule has 0 saturated carbocycles. The Labute approximate surface area is 110 Å². The Hall–Kier alpha value is -1.94. The largest absolute Gasteiger partial charge is 0.346 e. The third kappa shape index (κ3) is 3.28. The van der Waals surface area contributed by atoms with Crippen molar-refractivity contribution in [3.05, 3.63) is 59.7 Å². The second-order valence-corrected chi connectivity index (χ2v) is 3.98. The van der Waals surface area contributed by atoms with E-state index < -0.39 is 0 Å². The quantitative estimate of drug-likeness (QED) is 0.858. The van der Waals surface area contributed by atoms with Gasteiger partial charge in [-0.3, -0.25) is 4.79 Å². The van der Waals surface area contributed by atoms with Gasteiger partial charge in [0.25, 0.3) is 5.91 Å². The summed E-state index contributed by atoms with van der Waals surface area (Å²) in [6.07, 6.45) is 3.10. The number of aromatic nitrogens is 2. The normalized spacial score (nSPS) is 10.1. The molecule has 0 bridgehead atoms. The van der Waals surface area contributed by atoms with Crippen molar-refractivity contribution in [1.82, 2.24) is 15.3 Å². The molecule has 18 heavy (non-hydrogen) atoms. The minimum absolute atomic E-state index is 0.138. The second-order valence-electron chi connectivity index (χ2n) is 3.72. The lowest BCUT2D eigenvalue weighted by atomic mass is 10.1. The maximum absolute atomic E-state index is 11.9. The molecule has 0 atom stereocenters. The first-order chi connectivity index (χ1) is 8.79. The van der Waals surface area contributed by atoms with Crippen LogP contribution in [0.4, 0.5) is 0 Å². The van der Waals surface area contributed by atoms with Crippen molar-refractivity contribution < 1.29 is 4.79 Å². The molecule has 5 heteroatoms. The average molecular weight is 262 g/mol. The zero-order chi connectivity index (χ0) is 12.8. The first-order valence-electron chi connectivity index (χ1n) is 5.47. The van der Waals surface area contributed by atoms with E-state index in [1.54, 1.807) is 24.4 Å². The summed E-state index contributed by atoms with van der Waals surface area (Å²) in [5.41, 5.74) is 2.29. The van der Waals surface area contributed by atoms with Gasteiger partial charge in [-0.15, -0.1) is 11.6 Å². The summed E-state index contributed by atoms with van der Waals surface area (Å²) in [6, 6.07) is 8.99. The number of carbonyl (C=O) groups excluding carboxylic acids is 1. The van der Waals surface area contributed by atoms with Crippen LogP contribution in [0.2, 0.25) is 0 Å². The fourth-order valence-corrected chi connectivity index (χ4v) is 1.66. The zero-order valence-corrected chi connectivity index (χ0v) is 10.4. The van der Waals surface area contributed by atoms with Crippen molar-refractivity contribution in [2.24, 2.45) is 0 Å². The van der Waals surface area contributed by atoms with Crippen molar-refractivity contribution in [1.29, 1.82) is 0 Å². The molecule has 1 aromatic carbocycles. The lowest BCUT2D eigenvalue weighted by Crippen LogP contribution is -2.23. The number of amides is 1. The van der Waals surface area contributed by atoms with Crippen LogP contribution in [0.25, 0.3) is 0 Å². The summed E-state index contributed by atoms with van der Waals surface area (Å²) in [7, 11) is 0. The van der Waals surface area contributed by atoms with Gasteiger partial charge in [0.2, 0.25) is 0 Å². The van der Waals surface area contributed by atoms with Gasteiger partial charge in [0.05, 0.1) is 12.2 Å². The molecule has 1 heterocycles. The summed E-state index contributed by atoms with van der Waals surface area (Å²) < 4.78 is 0. The Kier molecular flexibility index (Phi) is 4.25. The summed E-state index contributed by atoms with van der Waals surface area (Å²) in [4.78, 5) is 19.7. The lowest BCUT2D eigenvalue weighted by molar-refractivity contribution is 0.0950. The van der Waals surface area contributed by atoms with E-state index in [9.17, 15) is 4.79 Å². The van der Waals surface area contributed by atoms with Crippen molar-refractivity contribution in [3.8, 4) is 0 Å². The number of benzene rings is 1. The van der Waals surface area contributed by atoms with Gasteiger partial charge in [-0.2, -0.15) is 0 Å². The third-order valence-corrected chi connectivity index (χ3v) is 2.73. The monoisotopic (exact) mass is 261 g/mol. The van der Waals surface area contributed by atoms with E-state index in [4.69, 9.17) is 11.6 Å². The number of hydrogen-bond donors (Lipinski definition) is 1. The van der Waals surface area contributed by atoms with E-state index in [2.05, 4.69) is 15.3 Å². The topological polar surface area (TPSA) is 54.9 Å². The highest BCUT2D eigenvalue weighted by Crippen LogP contribution is 2.07. The van der Waals surface area contributed by atoms with Crippen LogP contribution in [0.1, 0.15) is 21.6 Å². The first kappa shape index (κ1) is 12.5. The molecular weight excluding hydrogens is 250 g/mol. The summed E-state index contributed by atoms with van der Waals surface area (Å²) in [6.45, 7) is 0.381. The molecule has 0 aliphatic heterocycles. The Bertz CT molecular complexity index is 531. The Balaban J connectivity index is 1.99. The van der Waals surface area contributed by atoms with Crippen molar-refractivity contribution >= 4 is 17.5 Å². The van der Waals surface area contributed by atoms with Gasteiger partial charge in [-0.05, 0) is 23.8 Å². The van der Waals surface area contributed by atoms with E-state index in [1.807, 2.05) is 12.1 Å². The molecule has 0 spiro atoms. The molecule has 4 nitrogen and oxygen atoms in total. The van der Waals surface area contributed by atoms with Gasteiger partial charge in [-0.25, -0.2) is 9.97 Å². The Morgan fingerprint density at radius 3 is 2.94 bits per heavy atom. The average Bonchev–Trinajstić information content (AvgIpc) is 2.46. The Morgan fingerprint density at radius 2 is 2.22 bits per heavy atom. The van der Waals surface area contributed by atoms with E-state index in [1.165, 1.54) is 6.33 Å². The molecule has 2 rings (SSSR count). The lowest BCUT2D eigenvalue weighted by Gasteiger charge is -2.05. The molecule has 2 aromatic rings. The number of nitrogens with zero attached hydrogens (tertiary/aromatic N) is 2. The molecule has 0 fully saturated rings. The van der Waals surface area contributed by atoms with Crippen LogP contribution in [0.5, 0.6) is 0 Å². The standard InChI is InChI=1S/C13H12ClN3O/c14-7-10-2-1-3-11(6-10)13(18)16-8-12-4-5-15-9-17-12/h1-6,9H,7-8H2,(H,16,18). The van der Waals surface area contributed by atoms with Gasteiger partial charge in [0, 0.05) is 17.6 Å². The maximum Gasteiger partial charge on any atom is 0.251 e. The van der Waals surface area contributed by atoms with Crippen molar-refractivity contribution in [3.63, 3.8) is 0 Å². The van der Waals surface area contributed by atoms with Crippen LogP contribution in [0.3, 0.4) is 0 Å². The molecule has 0 saturated heterocycles. The highest BCUT2D eigenvalue weighted by Gasteiger charge is 2.05. The maximum atomic E-state index is 11.9. The van der Waals surface area contributed by atoms with Gasteiger partial charge in [0.15, 0.2) is 0 Å². The predicted octanol–water partition coefficient (Wildman–Crippen LogP) is 2.15. The third-order valence-electron chi connectivity index (χ3n) is 2.42. The zero-order valence-electron chi connectivity index (χ0n) is 9.64. The van der Waals surface area contributed by atoms with Crippen molar-refractivity contribution in [2.75, 3.05) is 0 Å². The summed E-state index contributed by atoms with van der Waals surface area (Å²) >= 11 is 5.73. The molecule has 1 aromatic heterocycles.